The van der Waals surface area contributed by atoms with E-state index in [4.69, 9.17) is 18.6 Å². The summed E-state index contributed by atoms with van der Waals surface area (Å²) in [6, 6.07) is 43.6. The van der Waals surface area contributed by atoms with E-state index >= 15 is 0 Å². The van der Waals surface area contributed by atoms with Crippen LogP contribution in [0.3, 0.4) is 0 Å². The van der Waals surface area contributed by atoms with Crippen LogP contribution in [0.15, 0.2) is 148 Å². The Morgan fingerprint density at radius 3 is 2.11 bits per heavy atom. The number of esters is 2. The second kappa shape index (κ2) is 19.7. The smallest absolute Gasteiger partial charge is 0.339 e. The Bertz CT molecular complexity index is 2670. The van der Waals surface area contributed by atoms with Gasteiger partial charge in [-0.1, -0.05) is 129 Å². The number of hydrogen-bond acceptors (Lipinski definition) is 7. The second-order valence-corrected chi connectivity index (χ2v) is 18.6. The van der Waals surface area contributed by atoms with Crippen LogP contribution >= 0.6 is 0 Å². The number of carbonyl (C=O) groups is 2. The molecular formula is C57H60O7. The highest BCUT2D eigenvalue weighted by atomic mass is 16.6. The van der Waals surface area contributed by atoms with E-state index in [0.29, 0.717) is 59.9 Å². The highest BCUT2D eigenvalue weighted by Gasteiger charge is 2.52. The molecule has 64 heavy (non-hydrogen) atoms. The van der Waals surface area contributed by atoms with Crippen LogP contribution in [0, 0.1) is 5.92 Å². The summed E-state index contributed by atoms with van der Waals surface area (Å²) in [5.74, 6) is -0.594. The second-order valence-electron chi connectivity index (χ2n) is 18.6. The van der Waals surface area contributed by atoms with Crippen molar-refractivity contribution in [3.63, 3.8) is 0 Å². The molecule has 0 saturated carbocycles. The van der Waals surface area contributed by atoms with Gasteiger partial charge in [0, 0.05) is 22.9 Å². The largest absolute Gasteiger partial charge is 0.483 e. The first kappa shape index (κ1) is 44.4. The van der Waals surface area contributed by atoms with Crippen LogP contribution in [0.1, 0.15) is 123 Å². The molecule has 7 nitrogen and oxygen atoms in total. The summed E-state index contributed by atoms with van der Waals surface area (Å²) in [5, 5.41) is 0.673. The Morgan fingerprint density at radius 2 is 1.39 bits per heavy atom. The van der Waals surface area contributed by atoms with Crippen molar-refractivity contribution < 1.29 is 28.2 Å². The fraction of sp³-hybridized carbons (Fsp3) is 0.351. The Labute approximate surface area is 377 Å². The standard InChI is InChI=1S/C57H60O7/c1-37(2)47-29-27-40-21-23-43(24-22-40)34-45(26-25-42-18-12-19-44(33-42)32-41-16-10-7-11-17-41)35-50(58)61-53-51-49(30-28-46-36-48(38(3)4)56(60)62-52(46)51)64-57(5,54(53)63-55(47)59)31-13-20-39-14-8-6-9-15-39/h6-12,14-19,21-24,28,30,33,36,38,45,53-54H,13,20,25-27,29,31-32,34-35H2,1-5H3. The molecular weight excluding hydrogens is 797 g/mol. The first-order chi connectivity index (χ1) is 30.9. The number of fused-ring (bicyclic) bond motifs is 13. The fourth-order valence-electron chi connectivity index (χ4n) is 9.52. The average Bonchev–Trinajstić information content (AvgIpc) is 3.27. The summed E-state index contributed by atoms with van der Waals surface area (Å²) < 4.78 is 26.5. The molecule has 0 amide bonds. The van der Waals surface area contributed by atoms with Gasteiger partial charge in [-0.3, -0.25) is 4.79 Å². The molecule has 0 fully saturated rings. The molecule has 1 aromatic heterocycles. The summed E-state index contributed by atoms with van der Waals surface area (Å²) >= 11 is 0. The van der Waals surface area contributed by atoms with Crippen molar-refractivity contribution in [2.24, 2.45) is 5.92 Å². The van der Waals surface area contributed by atoms with Crippen LogP contribution in [0.2, 0.25) is 0 Å². The van der Waals surface area contributed by atoms with Crippen LogP contribution in [-0.2, 0) is 51.2 Å². The zero-order chi connectivity index (χ0) is 44.8. The molecule has 9 rings (SSSR count). The zero-order valence-corrected chi connectivity index (χ0v) is 37.9. The van der Waals surface area contributed by atoms with Gasteiger partial charge in [0.05, 0.1) is 5.56 Å². The lowest BCUT2D eigenvalue weighted by atomic mass is 9.82. The van der Waals surface area contributed by atoms with Gasteiger partial charge >= 0.3 is 17.6 Å². The summed E-state index contributed by atoms with van der Waals surface area (Å²) in [6.45, 7) is 9.70. The predicted octanol–water partition coefficient (Wildman–Crippen LogP) is 12.3. The van der Waals surface area contributed by atoms with E-state index in [0.717, 1.165) is 42.4 Å². The van der Waals surface area contributed by atoms with Crippen molar-refractivity contribution >= 4 is 22.9 Å². The highest BCUT2D eigenvalue weighted by molar-refractivity contribution is 5.90. The number of carbonyl (C=O) groups excluding carboxylic acids is 2. The monoisotopic (exact) mass is 856 g/mol. The molecule has 6 aromatic rings. The third-order valence-electron chi connectivity index (χ3n) is 13.1. The maximum absolute atomic E-state index is 14.8. The van der Waals surface area contributed by atoms with Gasteiger partial charge < -0.3 is 18.6 Å². The van der Waals surface area contributed by atoms with Gasteiger partial charge in [-0.15, -0.1) is 0 Å². The molecule has 5 aromatic carbocycles. The van der Waals surface area contributed by atoms with E-state index in [-0.39, 0.29) is 23.8 Å². The van der Waals surface area contributed by atoms with E-state index in [2.05, 4.69) is 84.9 Å². The van der Waals surface area contributed by atoms with Crippen molar-refractivity contribution in [2.75, 3.05) is 0 Å². The number of benzene rings is 5. The number of rotatable bonds is 10. The van der Waals surface area contributed by atoms with Crippen LogP contribution in [0.4, 0.5) is 0 Å². The minimum atomic E-state index is -1.13. The molecule has 0 radical (unpaired) electrons. The van der Waals surface area contributed by atoms with Crippen molar-refractivity contribution in [2.45, 2.75) is 123 Å². The first-order valence-electron chi connectivity index (χ1n) is 23.0. The number of ether oxygens (including phenoxy) is 3. The Kier molecular flexibility index (Phi) is 13.6. The maximum atomic E-state index is 14.8. The summed E-state index contributed by atoms with van der Waals surface area (Å²) in [4.78, 5) is 43.0. The fourth-order valence-corrected chi connectivity index (χ4v) is 9.52. The molecule has 4 heterocycles. The average molecular weight is 857 g/mol. The molecule has 3 aliphatic rings. The Hall–Kier alpha value is -6.21. The molecule has 7 heteroatoms. The van der Waals surface area contributed by atoms with Gasteiger partial charge in [-0.25, -0.2) is 9.59 Å². The van der Waals surface area contributed by atoms with Crippen LogP contribution < -0.4 is 10.4 Å². The lowest BCUT2D eigenvalue weighted by Gasteiger charge is -2.45. The molecule has 0 aliphatic carbocycles. The van der Waals surface area contributed by atoms with E-state index in [1.165, 1.54) is 22.3 Å². The molecule has 0 spiro atoms. The van der Waals surface area contributed by atoms with Gasteiger partial charge in [0.2, 0.25) is 0 Å². The van der Waals surface area contributed by atoms with Gasteiger partial charge in [-0.2, -0.15) is 0 Å². The number of allylic oxidation sites excluding steroid dienone is 1. The first-order valence-corrected chi connectivity index (χ1v) is 23.0. The summed E-state index contributed by atoms with van der Waals surface area (Å²) in [7, 11) is 0. The van der Waals surface area contributed by atoms with Gasteiger partial charge in [0.1, 0.15) is 16.9 Å². The molecule has 2 bridgehead atoms. The third-order valence-corrected chi connectivity index (χ3v) is 13.1. The quantitative estimate of drug-likeness (QED) is 0.0769. The van der Waals surface area contributed by atoms with Crippen molar-refractivity contribution in [3.8, 4) is 5.75 Å². The molecule has 3 aliphatic heterocycles. The van der Waals surface area contributed by atoms with Gasteiger partial charge in [-0.05, 0) is 142 Å². The molecule has 4 atom stereocenters. The highest BCUT2D eigenvalue weighted by Crippen LogP contribution is 2.49. The zero-order valence-electron chi connectivity index (χ0n) is 37.9. The predicted molar refractivity (Wildman–Crippen MR) is 253 cm³/mol. The molecule has 330 valence electrons. The summed E-state index contributed by atoms with van der Waals surface area (Å²) in [5.41, 5.74) is 8.22. The molecule has 4 unspecified atom stereocenters. The Morgan fingerprint density at radius 1 is 0.703 bits per heavy atom. The van der Waals surface area contributed by atoms with Gasteiger partial charge in [0.15, 0.2) is 12.2 Å². The topological polar surface area (TPSA) is 92.0 Å². The van der Waals surface area contributed by atoms with Gasteiger partial charge in [0.25, 0.3) is 0 Å². The molecule has 0 saturated heterocycles. The van der Waals surface area contributed by atoms with E-state index in [1.807, 2.05) is 77.1 Å². The maximum Gasteiger partial charge on any atom is 0.339 e. The van der Waals surface area contributed by atoms with E-state index in [9.17, 15) is 14.4 Å². The minimum Gasteiger partial charge on any atom is -0.483 e. The van der Waals surface area contributed by atoms with E-state index in [1.54, 1.807) is 0 Å². The van der Waals surface area contributed by atoms with Crippen molar-refractivity contribution in [1.29, 1.82) is 0 Å². The minimum absolute atomic E-state index is 0.0575. The van der Waals surface area contributed by atoms with Crippen molar-refractivity contribution in [1.82, 2.24) is 0 Å². The normalized spacial score (nSPS) is 20.3. The molecule has 0 N–H and O–H groups in total. The lowest BCUT2D eigenvalue weighted by Crippen LogP contribution is -2.54. The van der Waals surface area contributed by atoms with Crippen LogP contribution in [-0.4, -0.2) is 23.6 Å². The summed E-state index contributed by atoms with van der Waals surface area (Å²) in [6.07, 6.45) is 4.13. The van der Waals surface area contributed by atoms with E-state index < -0.39 is 35.4 Å². The van der Waals surface area contributed by atoms with Crippen LogP contribution in [0.5, 0.6) is 5.75 Å². The SMILES string of the molecule is CC(C)=C1CCc2ccc(cc2)CC(CCc2cccc(Cc3ccccc3)c2)CC(=O)OC2c3c(ccc4cc(C(C)C)c(=O)oc34)OC(C)(CCCc3ccccc3)C2OC1=O. The lowest BCUT2D eigenvalue weighted by molar-refractivity contribution is -0.192. The third kappa shape index (κ3) is 10.4. The number of hydrogen-bond donors (Lipinski definition) is 0. The van der Waals surface area contributed by atoms with Crippen molar-refractivity contribution in [3.05, 3.63) is 193 Å². The number of aryl methyl sites for hydroxylation is 3. The Balaban J connectivity index is 1.18. The van der Waals surface area contributed by atoms with Crippen LogP contribution in [0.25, 0.3) is 11.0 Å².